The molecule has 0 radical (unpaired) electrons. The molecule has 0 amide bonds. The highest BCUT2D eigenvalue weighted by atomic mass is 79.9. The van der Waals surface area contributed by atoms with Gasteiger partial charge in [0.1, 0.15) is 10.5 Å². The van der Waals surface area contributed by atoms with Crippen molar-refractivity contribution in [1.29, 1.82) is 0 Å². The van der Waals surface area contributed by atoms with Gasteiger partial charge in [-0.25, -0.2) is 4.98 Å². The van der Waals surface area contributed by atoms with E-state index in [1.807, 2.05) is 0 Å². The van der Waals surface area contributed by atoms with E-state index < -0.39 is 11.1 Å². The van der Waals surface area contributed by atoms with Crippen molar-refractivity contribution in [2.45, 2.75) is 6.18 Å². The molecule has 0 aliphatic heterocycles. The molecule has 1 N–H and O–H groups in total. The summed E-state index contributed by atoms with van der Waals surface area (Å²) < 4.78 is 39.9. The third-order valence-corrected chi connectivity index (χ3v) is 4.91. The molecule has 18 heavy (non-hydrogen) atoms. The van der Waals surface area contributed by atoms with E-state index in [0.717, 1.165) is 4.70 Å². The summed E-state index contributed by atoms with van der Waals surface area (Å²) >= 11 is 5.25. The number of aromatic amines is 1. The Balaban J connectivity index is 2.23. The number of fused-ring (bicyclic) bond motifs is 1. The fraction of sp³-hybridized carbons (Fsp3) is 0.100. The molecule has 8 heteroatoms. The summed E-state index contributed by atoms with van der Waals surface area (Å²) in [5.41, 5.74) is 1.35. The average Bonchev–Trinajstić information content (AvgIpc) is 2.88. The van der Waals surface area contributed by atoms with Gasteiger partial charge in [-0.05, 0) is 27.4 Å². The minimum atomic E-state index is -4.32. The Kier molecular flexibility index (Phi) is 2.76. The summed E-state index contributed by atoms with van der Waals surface area (Å²) in [4.78, 5) is 6.44. The monoisotopic (exact) mass is 352 g/mol. The van der Waals surface area contributed by atoms with Crippen LogP contribution in [-0.2, 0) is 6.18 Å². The van der Waals surface area contributed by atoms with Crippen LogP contribution in [0.3, 0.4) is 0 Å². The molecule has 3 aromatic rings. The predicted octanol–water partition coefficient (Wildman–Crippen LogP) is 5.13. The van der Waals surface area contributed by atoms with Gasteiger partial charge in [0.05, 0.1) is 4.70 Å². The quantitative estimate of drug-likeness (QED) is 0.645. The van der Waals surface area contributed by atoms with Crippen molar-refractivity contribution in [3.05, 3.63) is 26.4 Å². The SMILES string of the molecule is FC(F)(F)c1sccc1-c1c[nH]c2nc(Br)sc12. The van der Waals surface area contributed by atoms with Crippen molar-refractivity contribution in [2.24, 2.45) is 0 Å². The zero-order chi connectivity index (χ0) is 12.9. The van der Waals surface area contributed by atoms with Gasteiger partial charge in [-0.3, -0.25) is 0 Å². The van der Waals surface area contributed by atoms with E-state index in [-0.39, 0.29) is 5.56 Å². The van der Waals surface area contributed by atoms with Crippen LogP contribution in [0, 0.1) is 0 Å². The fourth-order valence-corrected chi connectivity index (χ4v) is 3.95. The van der Waals surface area contributed by atoms with Gasteiger partial charge in [0.2, 0.25) is 0 Å². The smallest absolute Gasteiger partial charge is 0.345 e. The highest BCUT2D eigenvalue weighted by molar-refractivity contribution is 9.11. The number of hydrogen-bond acceptors (Lipinski definition) is 3. The molecular weight excluding hydrogens is 349 g/mol. The Morgan fingerprint density at radius 1 is 1.28 bits per heavy atom. The second-order valence-corrected chi connectivity index (χ2v) is 6.70. The van der Waals surface area contributed by atoms with Gasteiger partial charge in [0.25, 0.3) is 0 Å². The molecule has 0 aliphatic carbocycles. The van der Waals surface area contributed by atoms with Crippen LogP contribution in [0.2, 0.25) is 0 Å². The first-order valence-electron chi connectivity index (χ1n) is 4.75. The minimum absolute atomic E-state index is 0.204. The maximum Gasteiger partial charge on any atom is 0.426 e. The molecule has 0 atom stereocenters. The van der Waals surface area contributed by atoms with Crippen molar-refractivity contribution in [3.63, 3.8) is 0 Å². The summed E-state index contributed by atoms with van der Waals surface area (Å²) in [6, 6.07) is 1.49. The molecule has 0 saturated carbocycles. The largest absolute Gasteiger partial charge is 0.426 e. The molecule has 3 rings (SSSR count). The minimum Gasteiger partial charge on any atom is -0.345 e. The number of rotatable bonds is 1. The molecule has 0 spiro atoms. The first kappa shape index (κ1) is 12.2. The Bertz CT molecular complexity index is 710. The lowest BCUT2D eigenvalue weighted by molar-refractivity contribution is -0.133. The normalized spacial score (nSPS) is 12.4. The van der Waals surface area contributed by atoms with Crippen LogP contribution in [0.4, 0.5) is 13.2 Å². The van der Waals surface area contributed by atoms with E-state index in [2.05, 4.69) is 25.9 Å². The molecule has 3 heterocycles. The lowest BCUT2D eigenvalue weighted by atomic mass is 10.1. The molecule has 0 unspecified atom stereocenters. The maximum absolute atomic E-state index is 12.9. The van der Waals surface area contributed by atoms with Crippen molar-refractivity contribution in [1.82, 2.24) is 9.97 Å². The Morgan fingerprint density at radius 2 is 2.06 bits per heavy atom. The van der Waals surface area contributed by atoms with Crippen LogP contribution in [0.25, 0.3) is 21.5 Å². The third kappa shape index (κ3) is 1.88. The van der Waals surface area contributed by atoms with Crippen LogP contribution in [0.5, 0.6) is 0 Å². The van der Waals surface area contributed by atoms with E-state index in [1.165, 1.54) is 22.8 Å². The number of nitrogens with one attached hydrogen (secondary N) is 1. The molecular formula is C10H4BrF3N2S2. The topological polar surface area (TPSA) is 28.7 Å². The lowest BCUT2D eigenvalue weighted by Gasteiger charge is -2.06. The standard InChI is InChI=1S/C10H4BrF3N2S2/c11-9-16-8-6(18-9)5(3-15-8)4-1-2-17-7(4)10(12,13)14/h1-3,15H. The molecule has 0 aliphatic rings. The van der Waals surface area contributed by atoms with Gasteiger partial charge in [0, 0.05) is 17.3 Å². The van der Waals surface area contributed by atoms with Crippen molar-refractivity contribution < 1.29 is 13.2 Å². The second-order valence-electron chi connectivity index (χ2n) is 3.51. The lowest BCUT2D eigenvalue weighted by Crippen LogP contribution is -2.03. The number of thiazole rings is 1. The molecule has 94 valence electrons. The molecule has 3 aromatic heterocycles. The van der Waals surface area contributed by atoms with Crippen molar-refractivity contribution >= 4 is 49.0 Å². The molecule has 0 fully saturated rings. The van der Waals surface area contributed by atoms with Gasteiger partial charge in [0.15, 0.2) is 3.92 Å². The van der Waals surface area contributed by atoms with Gasteiger partial charge < -0.3 is 4.98 Å². The Hall–Kier alpha value is -0.860. The van der Waals surface area contributed by atoms with Crippen molar-refractivity contribution in [2.75, 3.05) is 0 Å². The van der Waals surface area contributed by atoms with E-state index in [0.29, 0.717) is 26.5 Å². The maximum atomic E-state index is 12.9. The predicted molar refractivity (Wildman–Crippen MR) is 70.0 cm³/mol. The van der Waals surface area contributed by atoms with Crippen LogP contribution in [0.15, 0.2) is 21.6 Å². The highest BCUT2D eigenvalue weighted by Crippen LogP contribution is 2.44. The van der Waals surface area contributed by atoms with Crippen LogP contribution < -0.4 is 0 Å². The summed E-state index contributed by atoms with van der Waals surface area (Å²) in [7, 11) is 0. The number of halogens is 4. The summed E-state index contributed by atoms with van der Waals surface area (Å²) in [5.74, 6) is 0. The number of thiophene rings is 1. The molecule has 0 saturated heterocycles. The third-order valence-electron chi connectivity index (χ3n) is 2.41. The van der Waals surface area contributed by atoms with Crippen molar-refractivity contribution in [3.8, 4) is 11.1 Å². The highest BCUT2D eigenvalue weighted by Gasteiger charge is 2.35. The number of nitrogens with zero attached hydrogens (tertiary/aromatic N) is 1. The Morgan fingerprint density at radius 3 is 2.78 bits per heavy atom. The first-order chi connectivity index (χ1) is 8.47. The number of aromatic nitrogens is 2. The van der Waals surface area contributed by atoms with E-state index in [1.54, 1.807) is 6.20 Å². The van der Waals surface area contributed by atoms with Gasteiger partial charge in [-0.15, -0.1) is 22.7 Å². The molecule has 0 bridgehead atoms. The zero-order valence-electron chi connectivity index (χ0n) is 8.51. The number of hydrogen-bond donors (Lipinski definition) is 1. The zero-order valence-corrected chi connectivity index (χ0v) is 11.7. The fourth-order valence-electron chi connectivity index (χ4n) is 1.72. The molecule has 0 aromatic carbocycles. The van der Waals surface area contributed by atoms with E-state index >= 15 is 0 Å². The Labute approximate surface area is 116 Å². The van der Waals surface area contributed by atoms with Gasteiger partial charge in [-0.2, -0.15) is 13.2 Å². The second kappa shape index (κ2) is 4.07. The number of H-pyrrole nitrogens is 1. The van der Waals surface area contributed by atoms with E-state index in [4.69, 9.17) is 0 Å². The first-order valence-corrected chi connectivity index (χ1v) is 7.24. The van der Waals surface area contributed by atoms with Gasteiger partial charge in [-0.1, -0.05) is 0 Å². The van der Waals surface area contributed by atoms with Crippen LogP contribution >= 0.6 is 38.6 Å². The van der Waals surface area contributed by atoms with Gasteiger partial charge >= 0.3 is 6.18 Å². The summed E-state index contributed by atoms with van der Waals surface area (Å²) in [6.07, 6.45) is -2.76. The van der Waals surface area contributed by atoms with E-state index in [9.17, 15) is 13.2 Å². The molecule has 2 nitrogen and oxygen atoms in total. The summed E-state index contributed by atoms with van der Waals surface area (Å²) in [5, 5.41) is 1.45. The average molecular weight is 353 g/mol. The van der Waals surface area contributed by atoms with Crippen LogP contribution in [-0.4, -0.2) is 9.97 Å². The van der Waals surface area contributed by atoms with Crippen LogP contribution in [0.1, 0.15) is 4.88 Å². The summed E-state index contributed by atoms with van der Waals surface area (Å²) in [6.45, 7) is 0. The number of alkyl halides is 3.